The number of aromatic nitrogens is 2. The number of likely N-dealkylation sites (tertiary alicyclic amines) is 1. The number of nitrogens with zero attached hydrogens (tertiary/aromatic N) is 4. The first-order valence-corrected chi connectivity index (χ1v) is 9.92. The molecule has 0 radical (unpaired) electrons. The van der Waals surface area contributed by atoms with Crippen molar-refractivity contribution >= 4 is 11.7 Å². The van der Waals surface area contributed by atoms with Crippen LogP contribution in [0.25, 0.3) is 11.3 Å². The van der Waals surface area contributed by atoms with Gasteiger partial charge in [0.1, 0.15) is 5.75 Å². The van der Waals surface area contributed by atoms with Crippen LogP contribution in [0.2, 0.25) is 0 Å². The van der Waals surface area contributed by atoms with Gasteiger partial charge >= 0.3 is 6.18 Å². The molecule has 2 saturated heterocycles. The first kappa shape index (κ1) is 20.4. The molecule has 0 spiro atoms. The lowest BCUT2D eigenvalue weighted by molar-refractivity contribution is -0.137. The van der Waals surface area contributed by atoms with Crippen molar-refractivity contribution in [1.29, 1.82) is 0 Å². The van der Waals surface area contributed by atoms with E-state index in [2.05, 4.69) is 15.1 Å². The van der Waals surface area contributed by atoms with E-state index in [0.29, 0.717) is 30.0 Å². The maximum absolute atomic E-state index is 13.0. The second-order valence-corrected chi connectivity index (χ2v) is 8.03. The summed E-state index contributed by atoms with van der Waals surface area (Å²) < 4.78 is 38.9. The molecule has 6 nitrogen and oxygen atoms in total. The summed E-state index contributed by atoms with van der Waals surface area (Å²) in [5.74, 6) is 0.758. The Labute approximate surface area is 172 Å². The molecule has 0 bridgehead atoms. The number of anilines is 1. The average molecular weight is 420 g/mol. The van der Waals surface area contributed by atoms with E-state index in [1.165, 1.54) is 6.92 Å². The number of benzene rings is 1. The number of hydrogen-bond donors (Lipinski definition) is 1. The summed E-state index contributed by atoms with van der Waals surface area (Å²) in [5.41, 5.74) is -0.0785. The van der Waals surface area contributed by atoms with Gasteiger partial charge in [-0.15, -0.1) is 10.2 Å². The lowest BCUT2D eigenvalue weighted by Crippen LogP contribution is -2.49. The summed E-state index contributed by atoms with van der Waals surface area (Å²) in [4.78, 5) is 15.8. The highest BCUT2D eigenvalue weighted by molar-refractivity contribution is 5.74. The molecule has 2 aliphatic rings. The fourth-order valence-corrected chi connectivity index (χ4v) is 4.59. The standard InChI is InChI=1S/C21H23F3N4O2/c1-12-9-15(21(22,23)24)10-18(30)20(12)16-3-4-19(26-25-16)28-8-6-14-5-7-27(13(2)29)11-17(14)28/h3-4,9-10,14,17,30H,5-8,11H2,1-2H3/t14-,17-/m0/s1. The average Bonchev–Trinajstić information content (AvgIpc) is 3.10. The third kappa shape index (κ3) is 3.68. The summed E-state index contributed by atoms with van der Waals surface area (Å²) in [7, 11) is 0. The molecule has 2 atom stereocenters. The Hall–Kier alpha value is -2.84. The quantitative estimate of drug-likeness (QED) is 0.804. The Morgan fingerprint density at radius 1 is 1.17 bits per heavy atom. The number of halogens is 3. The number of piperidine rings is 1. The van der Waals surface area contributed by atoms with Crippen LogP contribution < -0.4 is 4.90 Å². The van der Waals surface area contributed by atoms with Crippen LogP contribution in [-0.4, -0.2) is 51.8 Å². The molecular formula is C21H23F3N4O2. The molecule has 0 unspecified atom stereocenters. The molecule has 2 aliphatic heterocycles. The first-order valence-electron chi connectivity index (χ1n) is 9.92. The van der Waals surface area contributed by atoms with Gasteiger partial charge in [0.25, 0.3) is 0 Å². The summed E-state index contributed by atoms with van der Waals surface area (Å²) in [6.07, 6.45) is -2.54. The molecule has 0 saturated carbocycles. The number of phenolic OH excluding ortho intramolecular Hbond substituents is 1. The van der Waals surface area contributed by atoms with Crippen molar-refractivity contribution in [2.45, 2.75) is 38.9 Å². The van der Waals surface area contributed by atoms with Crippen LogP contribution in [0, 0.1) is 12.8 Å². The molecule has 30 heavy (non-hydrogen) atoms. The highest BCUT2D eigenvalue weighted by Gasteiger charge is 2.39. The van der Waals surface area contributed by atoms with Crippen LogP contribution in [0.3, 0.4) is 0 Å². The van der Waals surface area contributed by atoms with Crippen LogP contribution >= 0.6 is 0 Å². The Bertz CT molecular complexity index is 939. The van der Waals surface area contributed by atoms with E-state index in [1.54, 1.807) is 19.1 Å². The normalized spacial score (nSPS) is 21.6. The Kier molecular flexibility index (Phi) is 5.07. The van der Waals surface area contributed by atoms with E-state index in [1.807, 2.05) is 4.90 Å². The number of hydrogen-bond acceptors (Lipinski definition) is 5. The first-order chi connectivity index (χ1) is 14.1. The van der Waals surface area contributed by atoms with Crippen LogP contribution in [0.1, 0.15) is 30.9 Å². The molecule has 1 aromatic carbocycles. The number of aromatic hydroxyl groups is 1. The lowest BCUT2D eigenvalue weighted by atomic mass is 9.92. The number of phenols is 1. The number of amides is 1. The molecule has 2 fully saturated rings. The monoisotopic (exact) mass is 420 g/mol. The van der Waals surface area contributed by atoms with Gasteiger partial charge in [-0.05, 0) is 55.5 Å². The number of carbonyl (C=O) groups is 1. The predicted octanol–water partition coefficient (Wildman–Crippen LogP) is 3.62. The van der Waals surface area contributed by atoms with Crippen molar-refractivity contribution < 1.29 is 23.1 Å². The van der Waals surface area contributed by atoms with Crippen molar-refractivity contribution in [3.8, 4) is 17.0 Å². The Morgan fingerprint density at radius 2 is 1.90 bits per heavy atom. The molecule has 4 rings (SSSR count). The SMILES string of the molecule is CC(=O)N1CC[C@H]2CCN(c3ccc(-c4c(C)cc(C(F)(F)F)cc4O)nn3)[C@H]2C1. The van der Waals surface area contributed by atoms with Gasteiger partial charge in [-0.2, -0.15) is 13.2 Å². The second-order valence-electron chi connectivity index (χ2n) is 8.03. The van der Waals surface area contributed by atoms with Gasteiger partial charge in [0.15, 0.2) is 5.82 Å². The largest absolute Gasteiger partial charge is 0.507 e. The maximum atomic E-state index is 13.0. The minimum atomic E-state index is -4.53. The lowest BCUT2D eigenvalue weighted by Gasteiger charge is -2.38. The molecule has 3 heterocycles. The second kappa shape index (κ2) is 7.45. The van der Waals surface area contributed by atoms with Crippen molar-refractivity contribution in [3.63, 3.8) is 0 Å². The third-order valence-electron chi connectivity index (χ3n) is 6.15. The zero-order valence-electron chi connectivity index (χ0n) is 16.8. The summed E-state index contributed by atoms with van der Waals surface area (Å²) in [6.45, 7) is 5.33. The van der Waals surface area contributed by atoms with Crippen LogP contribution in [0.5, 0.6) is 5.75 Å². The molecule has 0 aliphatic carbocycles. The maximum Gasteiger partial charge on any atom is 0.416 e. The minimum absolute atomic E-state index is 0.0648. The van der Waals surface area contributed by atoms with E-state index in [9.17, 15) is 23.1 Å². The Morgan fingerprint density at radius 3 is 2.50 bits per heavy atom. The molecule has 1 aromatic heterocycles. The van der Waals surface area contributed by atoms with Gasteiger partial charge < -0.3 is 14.9 Å². The van der Waals surface area contributed by atoms with E-state index in [-0.39, 0.29) is 23.1 Å². The van der Waals surface area contributed by atoms with E-state index >= 15 is 0 Å². The topological polar surface area (TPSA) is 69.6 Å². The third-order valence-corrected chi connectivity index (χ3v) is 6.15. The van der Waals surface area contributed by atoms with Gasteiger partial charge in [-0.1, -0.05) is 0 Å². The van der Waals surface area contributed by atoms with Crippen LogP contribution in [0.4, 0.5) is 19.0 Å². The van der Waals surface area contributed by atoms with Gasteiger partial charge in [-0.25, -0.2) is 0 Å². The predicted molar refractivity (Wildman–Crippen MR) is 105 cm³/mol. The molecule has 160 valence electrons. The smallest absolute Gasteiger partial charge is 0.416 e. The summed E-state index contributed by atoms with van der Waals surface area (Å²) >= 11 is 0. The van der Waals surface area contributed by atoms with Gasteiger partial charge in [-0.3, -0.25) is 4.79 Å². The zero-order valence-corrected chi connectivity index (χ0v) is 16.8. The van der Waals surface area contributed by atoms with Crippen molar-refractivity contribution in [3.05, 3.63) is 35.4 Å². The van der Waals surface area contributed by atoms with Crippen molar-refractivity contribution in [1.82, 2.24) is 15.1 Å². The van der Waals surface area contributed by atoms with Gasteiger partial charge in [0.2, 0.25) is 5.91 Å². The van der Waals surface area contributed by atoms with E-state index in [4.69, 9.17) is 0 Å². The van der Waals surface area contributed by atoms with Gasteiger partial charge in [0.05, 0.1) is 17.3 Å². The van der Waals surface area contributed by atoms with E-state index < -0.39 is 17.5 Å². The Balaban J connectivity index is 1.59. The highest BCUT2D eigenvalue weighted by Crippen LogP contribution is 2.39. The molecule has 1 N–H and O–H groups in total. The van der Waals surface area contributed by atoms with Crippen LogP contribution in [0.15, 0.2) is 24.3 Å². The number of alkyl halides is 3. The summed E-state index contributed by atoms with van der Waals surface area (Å²) in [6, 6.07) is 5.32. The fourth-order valence-electron chi connectivity index (χ4n) is 4.59. The number of rotatable bonds is 2. The van der Waals surface area contributed by atoms with Crippen LogP contribution in [-0.2, 0) is 11.0 Å². The fraction of sp³-hybridized carbons (Fsp3) is 0.476. The molecule has 9 heteroatoms. The number of fused-ring (bicyclic) bond motifs is 1. The molecule has 1 amide bonds. The van der Waals surface area contributed by atoms with E-state index in [0.717, 1.165) is 32.0 Å². The van der Waals surface area contributed by atoms with Crippen molar-refractivity contribution in [2.24, 2.45) is 5.92 Å². The molecule has 2 aromatic rings. The number of aryl methyl sites for hydroxylation is 1. The molecular weight excluding hydrogens is 397 g/mol. The highest BCUT2D eigenvalue weighted by atomic mass is 19.4. The zero-order chi connectivity index (χ0) is 21.6. The number of carbonyl (C=O) groups excluding carboxylic acids is 1. The minimum Gasteiger partial charge on any atom is -0.507 e. The van der Waals surface area contributed by atoms with Gasteiger partial charge in [0, 0.05) is 32.1 Å². The summed E-state index contributed by atoms with van der Waals surface area (Å²) in [5, 5.41) is 18.7. The van der Waals surface area contributed by atoms with Crippen molar-refractivity contribution in [2.75, 3.05) is 24.5 Å².